The molecule has 1 aromatic heterocycles. The van der Waals surface area contributed by atoms with Gasteiger partial charge in [0.15, 0.2) is 0 Å². The molecule has 0 aliphatic carbocycles. The molecule has 0 spiro atoms. The van der Waals surface area contributed by atoms with Crippen LogP contribution >= 0.6 is 15.9 Å². The van der Waals surface area contributed by atoms with Crippen molar-refractivity contribution in [3.8, 4) is 0 Å². The largest absolute Gasteiger partial charge is 0.324 e. The summed E-state index contributed by atoms with van der Waals surface area (Å²) in [7, 11) is 1.71. The molecule has 3 nitrogen and oxygen atoms in total. The highest BCUT2D eigenvalue weighted by Crippen LogP contribution is 2.11. The van der Waals surface area contributed by atoms with Gasteiger partial charge in [0.25, 0.3) is 5.56 Å². The van der Waals surface area contributed by atoms with Crippen molar-refractivity contribution in [2.24, 2.45) is 12.8 Å². The molecular weight excluding hydrogens is 220 g/mol. The summed E-state index contributed by atoms with van der Waals surface area (Å²) in [4.78, 5) is 11.4. The predicted molar refractivity (Wildman–Crippen MR) is 52.0 cm³/mol. The molecule has 0 bridgehead atoms. The lowest BCUT2D eigenvalue weighted by molar-refractivity contribution is 0.753. The maximum Gasteiger partial charge on any atom is 0.255 e. The second-order valence-electron chi connectivity index (χ2n) is 2.82. The van der Waals surface area contributed by atoms with E-state index in [1.165, 1.54) is 4.57 Å². The van der Waals surface area contributed by atoms with Crippen LogP contribution in [0.2, 0.25) is 0 Å². The Bertz CT molecular complexity index is 343. The summed E-state index contributed by atoms with van der Waals surface area (Å²) in [5.41, 5.74) is 6.22. The van der Waals surface area contributed by atoms with Crippen molar-refractivity contribution in [1.29, 1.82) is 0 Å². The molecule has 12 heavy (non-hydrogen) atoms. The van der Waals surface area contributed by atoms with E-state index in [2.05, 4.69) is 15.9 Å². The summed E-state index contributed by atoms with van der Waals surface area (Å²) < 4.78 is 2.39. The zero-order valence-corrected chi connectivity index (χ0v) is 8.63. The fourth-order valence-corrected chi connectivity index (χ4v) is 1.57. The molecule has 0 aliphatic rings. The van der Waals surface area contributed by atoms with Gasteiger partial charge < -0.3 is 10.3 Å². The molecule has 4 heteroatoms. The Morgan fingerprint density at radius 1 is 1.67 bits per heavy atom. The molecule has 1 rings (SSSR count). The van der Waals surface area contributed by atoms with E-state index < -0.39 is 0 Å². The lowest BCUT2D eigenvalue weighted by atomic mass is 10.1. The van der Waals surface area contributed by atoms with Crippen LogP contribution in [-0.4, -0.2) is 4.57 Å². The quantitative estimate of drug-likeness (QED) is 0.788. The molecule has 0 saturated carbocycles. The molecule has 1 unspecified atom stereocenters. The van der Waals surface area contributed by atoms with Gasteiger partial charge in [-0.1, -0.05) is 0 Å². The monoisotopic (exact) mass is 230 g/mol. The van der Waals surface area contributed by atoms with Crippen molar-refractivity contribution in [1.82, 2.24) is 4.57 Å². The standard InChI is InChI=1S/C8H11BrN2O/c1-5(10)7-3-6(9)4-11(2)8(7)12/h3-5H,10H2,1-2H3. The van der Waals surface area contributed by atoms with E-state index in [4.69, 9.17) is 5.73 Å². The Labute approximate surface area is 79.3 Å². The van der Waals surface area contributed by atoms with Gasteiger partial charge in [0.2, 0.25) is 0 Å². The summed E-state index contributed by atoms with van der Waals surface area (Å²) in [6.07, 6.45) is 1.72. The molecule has 1 heterocycles. The van der Waals surface area contributed by atoms with Crippen molar-refractivity contribution >= 4 is 15.9 Å². The number of aryl methyl sites for hydroxylation is 1. The van der Waals surface area contributed by atoms with Crippen LogP contribution < -0.4 is 11.3 Å². The minimum atomic E-state index is -0.221. The van der Waals surface area contributed by atoms with Crippen molar-refractivity contribution in [2.75, 3.05) is 0 Å². The summed E-state index contributed by atoms with van der Waals surface area (Å²) >= 11 is 3.30. The molecule has 0 radical (unpaired) electrons. The van der Waals surface area contributed by atoms with Gasteiger partial charge in [-0.15, -0.1) is 0 Å². The summed E-state index contributed by atoms with van der Waals surface area (Å²) in [5, 5.41) is 0. The Balaban J connectivity index is 3.38. The minimum Gasteiger partial charge on any atom is -0.324 e. The van der Waals surface area contributed by atoms with E-state index in [0.717, 1.165) is 4.47 Å². The fourth-order valence-electron chi connectivity index (χ4n) is 1.02. The molecule has 0 amide bonds. The van der Waals surface area contributed by atoms with Gasteiger partial charge in [0.1, 0.15) is 0 Å². The molecule has 1 aromatic rings. The molecule has 66 valence electrons. The molecule has 1 atom stereocenters. The first kappa shape index (κ1) is 9.48. The van der Waals surface area contributed by atoms with E-state index in [1.807, 2.05) is 0 Å². The fraction of sp³-hybridized carbons (Fsp3) is 0.375. The molecule has 0 saturated heterocycles. The lowest BCUT2D eigenvalue weighted by Crippen LogP contribution is -2.24. The first-order valence-corrected chi connectivity index (χ1v) is 4.43. The van der Waals surface area contributed by atoms with Crippen LogP contribution in [0, 0.1) is 0 Å². The number of nitrogens with two attached hydrogens (primary N) is 1. The summed E-state index contributed by atoms with van der Waals surface area (Å²) in [5.74, 6) is 0. The van der Waals surface area contributed by atoms with Crippen molar-refractivity contribution in [3.63, 3.8) is 0 Å². The SMILES string of the molecule is CC(N)c1cc(Br)cn(C)c1=O. The van der Waals surface area contributed by atoms with E-state index in [1.54, 1.807) is 26.2 Å². The van der Waals surface area contributed by atoms with Crippen LogP contribution in [0.4, 0.5) is 0 Å². The third-order valence-electron chi connectivity index (χ3n) is 1.67. The lowest BCUT2D eigenvalue weighted by Gasteiger charge is -2.07. The van der Waals surface area contributed by atoms with Crippen LogP contribution in [0.25, 0.3) is 0 Å². The number of aromatic nitrogens is 1. The highest BCUT2D eigenvalue weighted by atomic mass is 79.9. The molecule has 0 fully saturated rings. The number of nitrogens with zero attached hydrogens (tertiary/aromatic N) is 1. The average Bonchev–Trinajstić information content (AvgIpc) is 1.96. The van der Waals surface area contributed by atoms with E-state index >= 15 is 0 Å². The van der Waals surface area contributed by atoms with Crippen LogP contribution in [0.1, 0.15) is 18.5 Å². The van der Waals surface area contributed by atoms with Crippen molar-refractivity contribution in [3.05, 3.63) is 32.7 Å². The molecule has 2 N–H and O–H groups in total. The first-order valence-electron chi connectivity index (χ1n) is 3.64. The Morgan fingerprint density at radius 2 is 2.25 bits per heavy atom. The minimum absolute atomic E-state index is 0.0341. The van der Waals surface area contributed by atoms with Crippen molar-refractivity contribution < 1.29 is 0 Å². The predicted octanol–water partition coefficient (Wildman–Crippen LogP) is 1.17. The smallest absolute Gasteiger partial charge is 0.255 e. The van der Waals surface area contributed by atoms with Crippen LogP contribution in [-0.2, 0) is 7.05 Å². The normalized spacial score (nSPS) is 13.0. The summed E-state index contributed by atoms with van der Waals surface area (Å²) in [6, 6.07) is 1.54. The molecular formula is C8H11BrN2O. The van der Waals surface area contributed by atoms with Gasteiger partial charge in [-0.2, -0.15) is 0 Å². The Morgan fingerprint density at radius 3 is 2.75 bits per heavy atom. The first-order chi connectivity index (χ1) is 5.52. The number of pyridine rings is 1. The molecule has 0 aromatic carbocycles. The van der Waals surface area contributed by atoms with Gasteiger partial charge >= 0.3 is 0 Å². The van der Waals surface area contributed by atoms with E-state index in [-0.39, 0.29) is 11.6 Å². The van der Waals surface area contributed by atoms with E-state index in [0.29, 0.717) is 5.56 Å². The maximum absolute atomic E-state index is 11.4. The second-order valence-corrected chi connectivity index (χ2v) is 3.73. The van der Waals surface area contributed by atoms with E-state index in [9.17, 15) is 4.79 Å². The number of halogens is 1. The highest BCUT2D eigenvalue weighted by Gasteiger charge is 2.06. The maximum atomic E-state index is 11.4. The number of hydrogen-bond donors (Lipinski definition) is 1. The topological polar surface area (TPSA) is 48.0 Å². The Hall–Kier alpha value is -0.610. The zero-order valence-electron chi connectivity index (χ0n) is 7.04. The highest BCUT2D eigenvalue weighted by molar-refractivity contribution is 9.10. The second kappa shape index (κ2) is 3.41. The Kier molecular flexibility index (Phi) is 2.69. The molecule has 0 aliphatic heterocycles. The van der Waals surface area contributed by atoms with Crippen molar-refractivity contribution in [2.45, 2.75) is 13.0 Å². The number of rotatable bonds is 1. The van der Waals surface area contributed by atoms with Crippen LogP contribution in [0.5, 0.6) is 0 Å². The third-order valence-corrected chi connectivity index (χ3v) is 2.10. The van der Waals surface area contributed by atoms with Crippen LogP contribution in [0.3, 0.4) is 0 Å². The third kappa shape index (κ3) is 1.76. The van der Waals surface area contributed by atoms with Gasteiger partial charge in [0.05, 0.1) is 0 Å². The van der Waals surface area contributed by atoms with Gasteiger partial charge in [-0.3, -0.25) is 4.79 Å². The zero-order chi connectivity index (χ0) is 9.30. The summed E-state index contributed by atoms with van der Waals surface area (Å²) in [6.45, 7) is 1.79. The number of hydrogen-bond acceptors (Lipinski definition) is 2. The van der Waals surface area contributed by atoms with Gasteiger partial charge in [-0.05, 0) is 28.9 Å². The van der Waals surface area contributed by atoms with Crippen LogP contribution in [0.15, 0.2) is 21.5 Å². The van der Waals surface area contributed by atoms with Gasteiger partial charge in [0, 0.05) is 29.3 Å². The average molecular weight is 231 g/mol. The van der Waals surface area contributed by atoms with Gasteiger partial charge in [-0.25, -0.2) is 0 Å².